The lowest BCUT2D eigenvalue weighted by atomic mass is 9.87. The number of aliphatic imine (C=N–C) groups is 2. The maximum atomic E-state index is 14.9. The van der Waals surface area contributed by atoms with Crippen molar-refractivity contribution in [3.8, 4) is 0 Å². The van der Waals surface area contributed by atoms with E-state index in [2.05, 4.69) is 51.1 Å². The summed E-state index contributed by atoms with van der Waals surface area (Å²) in [7, 11) is 0. The van der Waals surface area contributed by atoms with Gasteiger partial charge in [0.2, 0.25) is 5.91 Å². The molecule has 3 atom stereocenters. The summed E-state index contributed by atoms with van der Waals surface area (Å²) in [5, 5.41) is 9.81. The van der Waals surface area contributed by atoms with Crippen LogP contribution in [0.5, 0.6) is 0 Å². The Balaban J connectivity index is 1.21. The number of hydrogen-bond donors (Lipinski definition) is 3. The van der Waals surface area contributed by atoms with Crippen LogP contribution >= 0.6 is 0 Å². The molecule has 206 valence electrons. The van der Waals surface area contributed by atoms with Crippen molar-refractivity contribution in [3.05, 3.63) is 94.6 Å². The summed E-state index contributed by atoms with van der Waals surface area (Å²) in [4.78, 5) is 37.7. The third kappa shape index (κ3) is 4.75. The second kappa shape index (κ2) is 10.1. The topological polar surface area (TPSA) is 98.2 Å². The van der Waals surface area contributed by atoms with Crippen LogP contribution in [0.15, 0.2) is 82.1 Å². The van der Waals surface area contributed by atoms with Gasteiger partial charge >= 0.3 is 0 Å². The number of amidine groups is 1. The van der Waals surface area contributed by atoms with Crippen LogP contribution in [-0.2, 0) is 16.0 Å². The Kier molecular flexibility index (Phi) is 6.62. The smallest absolute Gasteiger partial charge is 0.250 e. The van der Waals surface area contributed by atoms with E-state index in [1.165, 1.54) is 22.1 Å². The molecule has 2 aromatic carbocycles. The van der Waals surface area contributed by atoms with Crippen molar-refractivity contribution < 1.29 is 14.0 Å². The molecule has 3 aliphatic heterocycles. The van der Waals surface area contributed by atoms with Crippen LogP contribution in [0.4, 0.5) is 4.39 Å². The zero-order valence-electron chi connectivity index (χ0n) is 22.7. The van der Waals surface area contributed by atoms with Gasteiger partial charge in [0.05, 0.1) is 25.2 Å². The number of amides is 2. The van der Waals surface area contributed by atoms with Gasteiger partial charge in [0.15, 0.2) is 0 Å². The van der Waals surface area contributed by atoms with Gasteiger partial charge in [-0.2, -0.15) is 0 Å². The molecule has 3 heterocycles. The number of carbonyl (C=O) groups excluding carboxylic acids is 2. The van der Waals surface area contributed by atoms with Crippen LogP contribution in [0.3, 0.4) is 0 Å². The zero-order chi connectivity index (χ0) is 27.9. The Morgan fingerprint density at radius 2 is 1.95 bits per heavy atom. The first-order chi connectivity index (χ1) is 19.3. The lowest BCUT2D eigenvalue weighted by molar-refractivity contribution is -0.137. The van der Waals surface area contributed by atoms with Gasteiger partial charge in [-0.05, 0) is 62.1 Å². The van der Waals surface area contributed by atoms with E-state index >= 15 is 0 Å². The lowest BCUT2D eigenvalue weighted by Crippen LogP contribution is -2.64. The average molecular weight is 541 g/mol. The van der Waals surface area contributed by atoms with E-state index in [1.54, 1.807) is 24.4 Å². The van der Waals surface area contributed by atoms with Crippen molar-refractivity contribution in [2.24, 2.45) is 15.4 Å². The van der Waals surface area contributed by atoms with Gasteiger partial charge < -0.3 is 10.6 Å². The van der Waals surface area contributed by atoms with Gasteiger partial charge in [0.25, 0.3) is 5.91 Å². The number of dihydropyridines is 1. The molecule has 4 aliphatic rings. The number of benzene rings is 2. The SMILES string of the molecule is CC12C=C(CNC(=O)CN3C(=O)C(C)(N[C@H]4CCc5ccccc54)CN=C3c3ccccc3F)NC1=CC=NC2. The molecule has 0 saturated carbocycles. The van der Waals surface area contributed by atoms with Crippen LogP contribution in [0, 0.1) is 11.2 Å². The molecule has 0 radical (unpaired) electrons. The van der Waals surface area contributed by atoms with E-state index in [0.717, 1.165) is 24.2 Å². The van der Waals surface area contributed by atoms with Gasteiger partial charge in [0.1, 0.15) is 23.7 Å². The highest BCUT2D eigenvalue weighted by Gasteiger charge is 2.45. The predicted octanol–water partition coefficient (Wildman–Crippen LogP) is 3.03. The molecule has 0 spiro atoms. The first-order valence-electron chi connectivity index (χ1n) is 13.7. The van der Waals surface area contributed by atoms with E-state index in [9.17, 15) is 14.0 Å². The van der Waals surface area contributed by atoms with Crippen molar-refractivity contribution >= 4 is 23.9 Å². The van der Waals surface area contributed by atoms with E-state index in [1.807, 2.05) is 25.1 Å². The highest BCUT2D eigenvalue weighted by Crippen LogP contribution is 2.36. The Morgan fingerprint density at radius 3 is 2.77 bits per heavy atom. The van der Waals surface area contributed by atoms with Crippen LogP contribution in [0.1, 0.15) is 43.0 Å². The number of fused-ring (bicyclic) bond motifs is 2. The van der Waals surface area contributed by atoms with Gasteiger partial charge in [-0.25, -0.2) is 4.39 Å². The minimum Gasteiger partial charge on any atom is -0.360 e. The van der Waals surface area contributed by atoms with Crippen LogP contribution < -0.4 is 16.0 Å². The number of aryl methyl sites for hydroxylation is 1. The lowest BCUT2D eigenvalue weighted by Gasteiger charge is -2.40. The van der Waals surface area contributed by atoms with Crippen molar-refractivity contribution in [1.82, 2.24) is 20.9 Å². The number of hydrogen-bond acceptors (Lipinski definition) is 6. The second-order valence-electron chi connectivity index (χ2n) is 11.3. The average Bonchev–Trinajstić information content (AvgIpc) is 3.51. The fraction of sp³-hybridized carbons (Fsp3) is 0.355. The molecule has 1 aliphatic carbocycles. The minimum absolute atomic E-state index is 0.00500. The summed E-state index contributed by atoms with van der Waals surface area (Å²) < 4.78 is 14.9. The summed E-state index contributed by atoms with van der Waals surface area (Å²) in [6.45, 7) is 4.69. The predicted molar refractivity (Wildman–Crippen MR) is 152 cm³/mol. The molecule has 0 bridgehead atoms. The minimum atomic E-state index is -1.05. The standard InChI is InChI=1S/C31H33FN6O2/c1-30-15-21(36-26(30)13-14-33-18-30)16-34-27(39)17-38-28(23-9-5-6-10-24(23)32)35-19-31(2,29(38)40)37-25-12-11-20-7-3-4-8-22(20)25/h3-10,13-15,25,36-37H,11-12,16-19H2,1-2H3,(H,34,39)/t25-,30?,31?/m0/s1. The van der Waals surface area contributed by atoms with E-state index in [-0.39, 0.29) is 54.3 Å². The molecule has 0 saturated heterocycles. The number of halogens is 1. The van der Waals surface area contributed by atoms with Gasteiger partial charge in [-0.15, -0.1) is 0 Å². The molecule has 8 nitrogen and oxygen atoms in total. The van der Waals surface area contributed by atoms with E-state index in [4.69, 9.17) is 0 Å². The monoisotopic (exact) mass is 540 g/mol. The molecule has 2 aromatic rings. The van der Waals surface area contributed by atoms with Crippen molar-refractivity contribution in [1.29, 1.82) is 0 Å². The Hall–Kier alpha value is -4.11. The molecule has 0 fully saturated rings. The summed E-state index contributed by atoms with van der Waals surface area (Å²) >= 11 is 0. The highest BCUT2D eigenvalue weighted by atomic mass is 19.1. The maximum absolute atomic E-state index is 14.9. The van der Waals surface area contributed by atoms with Crippen molar-refractivity contribution in [2.75, 3.05) is 26.2 Å². The quantitative estimate of drug-likeness (QED) is 0.503. The first kappa shape index (κ1) is 26.1. The summed E-state index contributed by atoms with van der Waals surface area (Å²) in [5.41, 5.74) is 3.29. The largest absolute Gasteiger partial charge is 0.360 e. The molecule has 2 unspecified atom stereocenters. The molecular weight excluding hydrogens is 507 g/mol. The number of nitrogens with zero attached hydrogens (tertiary/aromatic N) is 3. The number of nitrogens with one attached hydrogen (secondary N) is 3. The Morgan fingerprint density at radius 1 is 1.15 bits per heavy atom. The highest BCUT2D eigenvalue weighted by molar-refractivity contribution is 6.13. The molecule has 6 rings (SSSR count). The number of allylic oxidation sites excluding steroid dienone is 1. The summed E-state index contributed by atoms with van der Waals surface area (Å²) in [6, 6.07) is 14.4. The van der Waals surface area contributed by atoms with Crippen molar-refractivity contribution in [3.63, 3.8) is 0 Å². The number of rotatable bonds is 7. The van der Waals surface area contributed by atoms with Crippen LogP contribution in [0.2, 0.25) is 0 Å². The molecule has 0 aromatic heterocycles. The molecule has 40 heavy (non-hydrogen) atoms. The second-order valence-corrected chi connectivity index (χ2v) is 11.3. The first-order valence-corrected chi connectivity index (χ1v) is 13.7. The molecule has 9 heteroatoms. The summed E-state index contributed by atoms with van der Waals surface area (Å²) in [6.07, 6.45) is 7.60. The molecule has 2 amide bonds. The summed E-state index contributed by atoms with van der Waals surface area (Å²) in [5.74, 6) is -0.990. The third-order valence-corrected chi connectivity index (χ3v) is 8.21. The van der Waals surface area contributed by atoms with Gasteiger partial charge in [-0.3, -0.25) is 29.8 Å². The number of carbonyl (C=O) groups is 2. The van der Waals surface area contributed by atoms with Crippen molar-refractivity contribution in [2.45, 2.75) is 38.3 Å². The fourth-order valence-corrected chi connectivity index (χ4v) is 6.03. The van der Waals surface area contributed by atoms with Crippen LogP contribution in [-0.4, -0.2) is 60.5 Å². The van der Waals surface area contributed by atoms with E-state index < -0.39 is 11.4 Å². The molecule has 3 N–H and O–H groups in total. The Bertz CT molecular complexity index is 1500. The zero-order valence-corrected chi connectivity index (χ0v) is 22.7. The van der Waals surface area contributed by atoms with Gasteiger partial charge in [0, 0.05) is 29.1 Å². The Labute approximate surface area is 233 Å². The van der Waals surface area contributed by atoms with E-state index in [0.29, 0.717) is 6.54 Å². The normalized spacial score (nSPS) is 26.9. The molecular formula is C31H33FN6O2. The fourth-order valence-electron chi connectivity index (χ4n) is 6.03. The maximum Gasteiger partial charge on any atom is 0.250 e. The third-order valence-electron chi connectivity index (χ3n) is 8.21. The van der Waals surface area contributed by atoms with Gasteiger partial charge in [-0.1, -0.05) is 36.4 Å². The van der Waals surface area contributed by atoms with Crippen LogP contribution in [0.25, 0.3) is 0 Å².